The molecule has 0 aliphatic heterocycles. The van der Waals surface area contributed by atoms with Crippen LogP contribution in [0.1, 0.15) is 43.4 Å². The maximum Gasteiger partial charge on any atom is 0.191 e. The van der Waals surface area contributed by atoms with Crippen LogP contribution in [-0.4, -0.2) is 37.4 Å². The zero-order valence-electron chi connectivity index (χ0n) is 14.7. The highest BCUT2D eigenvalue weighted by atomic mass is 16.5. The summed E-state index contributed by atoms with van der Waals surface area (Å²) in [7, 11) is 3.45. The third kappa shape index (κ3) is 4.61. The molecule has 5 heteroatoms. The first-order valence-corrected chi connectivity index (χ1v) is 8.29. The van der Waals surface area contributed by atoms with E-state index < -0.39 is 0 Å². The Bertz CT molecular complexity index is 568. The predicted octanol–water partition coefficient (Wildman–Crippen LogP) is 2.36. The number of phenols is 1. The Morgan fingerprint density at radius 3 is 2.70 bits per heavy atom. The molecule has 0 atom stereocenters. The van der Waals surface area contributed by atoms with Gasteiger partial charge in [0.1, 0.15) is 5.75 Å². The SMILES string of the molecule is CN=C(NCc1c(O)ccc2c1CCCC2)NCC(C)(C)OC. The molecule has 1 aromatic carbocycles. The molecule has 2 rings (SSSR count). The normalized spacial score (nSPS) is 15.2. The Morgan fingerprint density at radius 1 is 1.26 bits per heavy atom. The topological polar surface area (TPSA) is 65.9 Å². The van der Waals surface area contributed by atoms with E-state index in [9.17, 15) is 5.11 Å². The average molecular weight is 319 g/mol. The minimum absolute atomic E-state index is 0.258. The standard InChI is InChI=1S/C18H29N3O2/c1-18(2,23-4)12-21-17(19-3)20-11-15-14-8-6-5-7-13(14)9-10-16(15)22/h9-10,22H,5-8,11-12H2,1-4H3,(H2,19,20,21). The number of guanidine groups is 1. The molecule has 0 saturated heterocycles. The lowest BCUT2D eigenvalue weighted by atomic mass is 9.88. The molecule has 1 aromatic rings. The summed E-state index contributed by atoms with van der Waals surface area (Å²) >= 11 is 0. The van der Waals surface area contributed by atoms with Crippen molar-refractivity contribution < 1.29 is 9.84 Å². The van der Waals surface area contributed by atoms with E-state index in [1.807, 2.05) is 19.9 Å². The highest BCUT2D eigenvalue weighted by molar-refractivity contribution is 5.79. The highest BCUT2D eigenvalue weighted by Gasteiger charge is 2.18. The number of nitrogens with one attached hydrogen (secondary N) is 2. The van der Waals surface area contributed by atoms with E-state index in [4.69, 9.17) is 4.74 Å². The number of aliphatic imine (C=N–C) groups is 1. The number of aryl methyl sites for hydroxylation is 1. The zero-order chi connectivity index (χ0) is 16.9. The smallest absolute Gasteiger partial charge is 0.191 e. The van der Waals surface area contributed by atoms with Gasteiger partial charge in [0.05, 0.1) is 5.60 Å². The first kappa shape index (κ1) is 17.6. The van der Waals surface area contributed by atoms with Gasteiger partial charge >= 0.3 is 0 Å². The summed E-state index contributed by atoms with van der Waals surface area (Å²) in [5.74, 6) is 1.08. The van der Waals surface area contributed by atoms with Gasteiger partial charge in [0, 0.05) is 32.8 Å². The van der Waals surface area contributed by atoms with Gasteiger partial charge in [-0.2, -0.15) is 0 Å². The van der Waals surface area contributed by atoms with E-state index in [1.165, 1.54) is 24.0 Å². The first-order valence-electron chi connectivity index (χ1n) is 8.29. The van der Waals surface area contributed by atoms with Gasteiger partial charge in [0.25, 0.3) is 0 Å². The Kier molecular flexibility index (Phi) is 5.88. The zero-order valence-corrected chi connectivity index (χ0v) is 14.7. The largest absolute Gasteiger partial charge is 0.508 e. The number of benzene rings is 1. The number of fused-ring (bicyclic) bond motifs is 1. The van der Waals surface area contributed by atoms with Crippen molar-refractivity contribution in [3.63, 3.8) is 0 Å². The molecule has 0 saturated carbocycles. The van der Waals surface area contributed by atoms with Crippen LogP contribution in [0.5, 0.6) is 5.75 Å². The van der Waals surface area contributed by atoms with E-state index >= 15 is 0 Å². The molecule has 1 aliphatic rings. The molecule has 0 radical (unpaired) electrons. The lowest BCUT2D eigenvalue weighted by molar-refractivity contribution is 0.0268. The van der Waals surface area contributed by atoms with E-state index in [1.54, 1.807) is 14.2 Å². The third-order valence-electron chi connectivity index (χ3n) is 4.52. The second kappa shape index (κ2) is 7.68. The van der Waals surface area contributed by atoms with Gasteiger partial charge in [-0.3, -0.25) is 4.99 Å². The number of rotatable bonds is 5. The minimum atomic E-state index is -0.258. The third-order valence-corrected chi connectivity index (χ3v) is 4.52. The van der Waals surface area contributed by atoms with Crippen molar-refractivity contribution >= 4 is 5.96 Å². The summed E-state index contributed by atoms with van der Waals surface area (Å²) in [6, 6.07) is 3.87. The minimum Gasteiger partial charge on any atom is -0.508 e. The Morgan fingerprint density at radius 2 is 2.00 bits per heavy atom. The first-order chi connectivity index (χ1) is 11.0. The highest BCUT2D eigenvalue weighted by Crippen LogP contribution is 2.30. The molecule has 0 bridgehead atoms. The molecule has 1 aliphatic carbocycles. The number of nitrogens with zero attached hydrogens (tertiary/aromatic N) is 1. The fourth-order valence-corrected chi connectivity index (χ4v) is 2.85. The molecular weight excluding hydrogens is 290 g/mol. The summed E-state index contributed by atoms with van der Waals surface area (Å²) in [6.07, 6.45) is 4.58. The van der Waals surface area contributed by atoms with Crippen LogP contribution in [0, 0.1) is 0 Å². The summed E-state index contributed by atoms with van der Waals surface area (Å²) < 4.78 is 5.40. The molecule has 0 unspecified atom stereocenters. The van der Waals surface area contributed by atoms with Crippen LogP contribution in [0.15, 0.2) is 17.1 Å². The number of ether oxygens (including phenoxy) is 1. The van der Waals surface area contributed by atoms with Crippen LogP contribution in [0.25, 0.3) is 0 Å². The van der Waals surface area contributed by atoms with Gasteiger partial charge in [-0.15, -0.1) is 0 Å². The molecule has 3 N–H and O–H groups in total. The number of methoxy groups -OCH3 is 1. The number of hydrogen-bond acceptors (Lipinski definition) is 3. The Labute approximate surface area is 139 Å². The van der Waals surface area contributed by atoms with Crippen molar-refractivity contribution in [1.82, 2.24) is 10.6 Å². The molecule has 0 amide bonds. The fourth-order valence-electron chi connectivity index (χ4n) is 2.85. The molecule has 23 heavy (non-hydrogen) atoms. The predicted molar refractivity (Wildman–Crippen MR) is 94.0 cm³/mol. The van der Waals surface area contributed by atoms with Gasteiger partial charge in [0.2, 0.25) is 0 Å². The van der Waals surface area contributed by atoms with Gasteiger partial charge < -0.3 is 20.5 Å². The molecule has 0 heterocycles. The summed E-state index contributed by atoms with van der Waals surface area (Å²) in [4.78, 5) is 4.24. The Balaban J connectivity index is 2.02. The number of aromatic hydroxyl groups is 1. The maximum absolute atomic E-state index is 10.2. The summed E-state index contributed by atoms with van der Waals surface area (Å²) in [5.41, 5.74) is 3.41. The quantitative estimate of drug-likeness (QED) is 0.576. The summed E-state index contributed by atoms with van der Waals surface area (Å²) in [5, 5.41) is 16.8. The van der Waals surface area contributed by atoms with Crippen molar-refractivity contribution in [1.29, 1.82) is 0 Å². The van der Waals surface area contributed by atoms with Crippen molar-refractivity contribution in [2.75, 3.05) is 20.7 Å². The fraction of sp³-hybridized carbons (Fsp3) is 0.611. The van der Waals surface area contributed by atoms with Gasteiger partial charge in [-0.05, 0) is 56.7 Å². The molecule has 0 fully saturated rings. The van der Waals surface area contributed by atoms with Crippen LogP contribution < -0.4 is 10.6 Å². The number of phenolic OH excluding ortho intramolecular Hbond substituents is 1. The van der Waals surface area contributed by atoms with Gasteiger partial charge in [-0.1, -0.05) is 6.07 Å². The van der Waals surface area contributed by atoms with Crippen molar-refractivity contribution in [3.8, 4) is 5.75 Å². The molecule has 0 spiro atoms. The van der Waals surface area contributed by atoms with Crippen molar-refractivity contribution in [2.24, 2.45) is 4.99 Å². The molecule has 128 valence electrons. The lowest BCUT2D eigenvalue weighted by Crippen LogP contribution is -2.45. The van der Waals surface area contributed by atoms with Crippen molar-refractivity contribution in [3.05, 3.63) is 28.8 Å². The van der Waals surface area contributed by atoms with Crippen LogP contribution in [0.2, 0.25) is 0 Å². The monoisotopic (exact) mass is 319 g/mol. The number of hydrogen-bond donors (Lipinski definition) is 3. The maximum atomic E-state index is 10.2. The average Bonchev–Trinajstić information content (AvgIpc) is 2.56. The summed E-state index contributed by atoms with van der Waals surface area (Å²) in [6.45, 7) is 5.27. The molecular formula is C18H29N3O2. The van der Waals surface area contributed by atoms with Gasteiger partial charge in [0.15, 0.2) is 5.96 Å². The van der Waals surface area contributed by atoms with Crippen LogP contribution in [0.3, 0.4) is 0 Å². The molecule has 5 nitrogen and oxygen atoms in total. The van der Waals surface area contributed by atoms with Gasteiger partial charge in [-0.25, -0.2) is 0 Å². The molecule has 0 aromatic heterocycles. The second-order valence-electron chi connectivity index (χ2n) is 6.65. The lowest BCUT2D eigenvalue weighted by Gasteiger charge is -2.25. The van der Waals surface area contributed by atoms with Crippen LogP contribution in [0.4, 0.5) is 0 Å². The second-order valence-corrected chi connectivity index (χ2v) is 6.65. The van der Waals surface area contributed by atoms with Crippen molar-refractivity contribution in [2.45, 2.75) is 51.7 Å². The van der Waals surface area contributed by atoms with Crippen LogP contribution in [-0.2, 0) is 24.1 Å². The van der Waals surface area contributed by atoms with Crippen LogP contribution >= 0.6 is 0 Å². The van der Waals surface area contributed by atoms with E-state index in [2.05, 4.69) is 21.7 Å². The Hall–Kier alpha value is -1.75. The van der Waals surface area contributed by atoms with E-state index in [-0.39, 0.29) is 5.60 Å². The van der Waals surface area contributed by atoms with E-state index in [0.29, 0.717) is 24.8 Å². The van der Waals surface area contributed by atoms with E-state index in [0.717, 1.165) is 18.4 Å².